The molecule has 6 heteroatoms. The number of aliphatic hydroxyl groups is 1. The minimum absolute atomic E-state index is 0.0721. The van der Waals surface area contributed by atoms with Crippen molar-refractivity contribution in [2.24, 2.45) is 5.41 Å². The number of fused-ring (bicyclic) bond motifs is 1. The van der Waals surface area contributed by atoms with E-state index in [0.717, 1.165) is 0 Å². The van der Waals surface area contributed by atoms with Crippen LogP contribution in [0, 0.1) is 5.41 Å². The lowest BCUT2D eigenvalue weighted by Crippen LogP contribution is -2.35. The third-order valence-electron chi connectivity index (χ3n) is 3.43. The third kappa shape index (κ3) is 3.46. The van der Waals surface area contributed by atoms with Crippen molar-refractivity contribution >= 4 is 16.7 Å². The van der Waals surface area contributed by atoms with Gasteiger partial charge in [0.15, 0.2) is 5.69 Å². The maximum absolute atomic E-state index is 12.3. The van der Waals surface area contributed by atoms with E-state index in [2.05, 4.69) is 15.5 Å². The summed E-state index contributed by atoms with van der Waals surface area (Å²) >= 11 is 0. The predicted molar refractivity (Wildman–Crippen MR) is 80.2 cm³/mol. The van der Waals surface area contributed by atoms with Gasteiger partial charge < -0.3 is 10.4 Å². The minimum atomic E-state index is -0.339. The summed E-state index contributed by atoms with van der Waals surface area (Å²) in [5, 5.41) is 18.9. The number of hydrogen-bond acceptors (Lipinski definition) is 4. The summed E-state index contributed by atoms with van der Waals surface area (Å²) in [6, 6.07) is 6.85. The monoisotopic (exact) mass is 289 g/mol. The molecule has 21 heavy (non-hydrogen) atoms. The first kappa shape index (κ1) is 15.2. The molecular weight excluding hydrogens is 270 g/mol. The first-order valence-electron chi connectivity index (χ1n) is 6.81. The standard InChI is InChI=1S/C15H19N3O3/c1-15(2,7-8-19)9-16-14(21)12-10-5-3-4-6-11(10)13(20)18-17-12/h3-6,19H,7-9H2,1-2H3,(H,16,21)(H,18,20). The number of amides is 1. The van der Waals surface area contributed by atoms with Gasteiger partial charge in [0, 0.05) is 18.5 Å². The second kappa shape index (κ2) is 6.05. The van der Waals surface area contributed by atoms with E-state index in [-0.39, 0.29) is 29.2 Å². The summed E-state index contributed by atoms with van der Waals surface area (Å²) in [4.78, 5) is 23.9. The highest BCUT2D eigenvalue weighted by molar-refractivity contribution is 6.04. The molecular formula is C15H19N3O3. The second-order valence-corrected chi connectivity index (χ2v) is 5.77. The van der Waals surface area contributed by atoms with E-state index in [1.165, 1.54) is 0 Å². The van der Waals surface area contributed by atoms with Crippen LogP contribution < -0.4 is 10.9 Å². The molecule has 2 aromatic rings. The largest absolute Gasteiger partial charge is 0.396 e. The minimum Gasteiger partial charge on any atom is -0.396 e. The topological polar surface area (TPSA) is 95.1 Å². The first-order valence-corrected chi connectivity index (χ1v) is 6.81. The van der Waals surface area contributed by atoms with Crippen molar-refractivity contribution in [1.82, 2.24) is 15.5 Å². The van der Waals surface area contributed by atoms with Crippen molar-refractivity contribution in [3.63, 3.8) is 0 Å². The fourth-order valence-corrected chi connectivity index (χ4v) is 2.08. The van der Waals surface area contributed by atoms with Crippen molar-refractivity contribution in [2.75, 3.05) is 13.2 Å². The smallest absolute Gasteiger partial charge is 0.272 e. The zero-order valence-corrected chi connectivity index (χ0v) is 12.1. The molecule has 0 atom stereocenters. The average molecular weight is 289 g/mol. The van der Waals surface area contributed by atoms with Crippen molar-refractivity contribution in [3.05, 3.63) is 40.3 Å². The van der Waals surface area contributed by atoms with Crippen LogP contribution in [0.25, 0.3) is 10.8 Å². The van der Waals surface area contributed by atoms with Crippen LogP contribution >= 0.6 is 0 Å². The highest BCUT2D eigenvalue weighted by atomic mass is 16.3. The van der Waals surface area contributed by atoms with Crippen molar-refractivity contribution in [2.45, 2.75) is 20.3 Å². The van der Waals surface area contributed by atoms with Gasteiger partial charge >= 0.3 is 0 Å². The number of H-pyrrole nitrogens is 1. The zero-order valence-electron chi connectivity index (χ0n) is 12.1. The first-order chi connectivity index (χ1) is 9.94. The summed E-state index contributed by atoms with van der Waals surface area (Å²) in [5.74, 6) is -0.339. The van der Waals surface area contributed by atoms with Crippen LogP contribution in [0.5, 0.6) is 0 Å². The zero-order chi connectivity index (χ0) is 15.5. The quantitative estimate of drug-likeness (QED) is 0.767. The fraction of sp³-hybridized carbons (Fsp3) is 0.400. The SMILES string of the molecule is CC(C)(CCO)CNC(=O)c1n[nH]c(=O)c2ccccc12. The summed E-state index contributed by atoms with van der Waals surface area (Å²) < 4.78 is 0. The Morgan fingerprint density at radius 1 is 1.33 bits per heavy atom. The lowest BCUT2D eigenvalue weighted by atomic mass is 9.90. The number of nitrogens with zero attached hydrogens (tertiary/aromatic N) is 1. The average Bonchev–Trinajstić information content (AvgIpc) is 2.46. The molecule has 1 amide bonds. The van der Waals surface area contributed by atoms with E-state index in [4.69, 9.17) is 5.11 Å². The molecule has 1 aromatic heterocycles. The maximum atomic E-state index is 12.3. The molecule has 0 aliphatic heterocycles. The van der Waals surface area contributed by atoms with Crippen molar-refractivity contribution < 1.29 is 9.90 Å². The van der Waals surface area contributed by atoms with E-state index in [0.29, 0.717) is 23.7 Å². The molecule has 0 saturated heterocycles. The second-order valence-electron chi connectivity index (χ2n) is 5.77. The maximum Gasteiger partial charge on any atom is 0.272 e. The Labute approximate surface area is 122 Å². The molecule has 0 spiro atoms. The van der Waals surface area contributed by atoms with Gasteiger partial charge in [0.1, 0.15) is 0 Å². The van der Waals surface area contributed by atoms with Crippen LogP contribution in [0.1, 0.15) is 30.8 Å². The molecule has 0 unspecified atom stereocenters. The number of aromatic nitrogens is 2. The van der Waals surface area contributed by atoms with Crippen LogP contribution in [0.15, 0.2) is 29.1 Å². The van der Waals surface area contributed by atoms with Gasteiger partial charge in [0.2, 0.25) is 0 Å². The molecule has 3 N–H and O–H groups in total. The molecule has 0 fully saturated rings. The van der Waals surface area contributed by atoms with E-state index < -0.39 is 0 Å². The van der Waals surface area contributed by atoms with Crippen LogP contribution in [-0.2, 0) is 0 Å². The van der Waals surface area contributed by atoms with Crippen molar-refractivity contribution in [3.8, 4) is 0 Å². The van der Waals surface area contributed by atoms with Gasteiger partial charge in [0.25, 0.3) is 11.5 Å². The summed E-state index contributed by atoms with van der Waals surface area (Å²) in [6.45, 7) is 4.41. The van der Waals surface area contributed by atoms with Crippen molar-refractivity contribution in [1.29, 1.82) is 0 Å². The number of rotatable bonds is 5. The number of carbonyl (C=O) groups is 1. The van der Waals surface area contributed by atoms with Gasteiger partial charge in [-0.3, -0.25) is 9.59 Å². The molecule has 1 heterocycles. The number of aliphatic hydroxyl groups excluding tert-OH is 1. The summed E-state index contributed by atoms with van der Waals surface area (Å²) in [7, 11) is 0. The number of benzene rings is 1. The van der Waals surface area contributed by atoms with E-state index in [1.807, 2.05) is 13.8 Å². The normalized spacial score (nSPS) is 11.6. The highest BCUT2D eigenvalue weighted by Crippen LogP contribution is 2.18. The number of aromatic amines is 1. The van der Waals surface area contributed by atoms with Gasteiger partial charge in [-0.05, 0) is 17.9 Å². The number of hydrogen-bond donors (Lipinski definition) is 3. The molecule has 2 rings (SSSR count). The molecule has 1 aromatic carbocycles. The molecule has 0 aliphatic rings. The predicted octanol–water partition coefficient (Wildman–Crippen LogP) is 1.06. The van der Waals surface area contributed by atoms with Gasteiger partial charge in [-0.1, -0.05) is 32.0 Å². The Kier molecular flexibility index (Phi) is 4.37. The van der Waals surface area contributed by atoms with E-state index >= 15 is 0 Å². The van der Waals surface area contributed by atoms with E-state index in [1.54, 1.807) is 24.3 Å². The Balaban J connectivity index is 2.25. The van der Waals surface area contributed by atoms with Gasteiger partial charge in [-0.25, -0.2) is 5.10 Å². The summed E-state index contributed by atoms with van der Waals surface area (Å²) in [6.07, 6.45) is 0.590. The Morgan fingerprint density at radius 3 is 2.67 bits per heavy atom. The molecule has 112 valence electrons. The molecule has 0 aliphatic carbocycles. The van der Waals surface area contributed by atoms with Crippen LogP contribution in [-0.4, -0.2) is 34.4 Å². The van der Waals surface area contributed by atoms with Crippen LogP contribution in [0.4, 0.5) is 0 Å². The van der Waals surface area contributed by atoms with Gasteiger partial charge in [-0.15, -0.1) is 0 Å². The number of carbonyl (C=O) groups excluding carboxylic acids is 1. The molecule has 0 saturated carbocycles. The molecule has 0 radical (unpaired) electrons. The van der Waals surface area contributed by atoms with Crippen LogP contribution in [0.2, 0.25) is 0 Å². The van der Waals surface area contributed by atoms with Gasteiger partial charge in [0.05, 0.1) is 5.39 Å². The van der Waals surface area contributed by atoms with Crippen LogP contribution in [0.3, 0.4) is 0 Å². The third-order valence-corrected chi connectivity index (χ3v) is 3.43. The highest BCUT2D eigenvalue weighted by Gasteiger charge is 2.20. The Morgan fingerprint density at radius 2 is 2.00 bits per heavy atom. The molecule has 6 nitrogen and oxygen atoms in total. The Hall–Kier alpha value is -2.21. The lowest BCUT2D eigenvalue weighted by molar-refractivity contribution is 0.0924. The molecule has 0 bridgehead atoms. The van der Waals surface area contributed by atoms with E-state index in [9.17, 15) is 9.59 Å². The summed E-state index contributed by atoms with van der Waals surface area (Å²) in [5.41, 5.74) is -0.324. The fourth-order valence-electron chi connectivity index (χ4n) is 2.08. The lowest BCUT2D eigenvalue weighted by Gasteiger charge is -2.23. The van der Waals surface area contributed by atoms with Gasteiger partial charge in [-0.2, -0.15) is 5.10 Å². The number of nitrogens with one attached hydrogen (secondary N) is 2. The Bertz CT molecular complexity index is 707.